The number of fused-ring (bicyclic) bond motifs is 1. The molecule has 2 rings (SSSR count). The molecule has 0 aliphatic carbocycles. The second-order valence-corrected chi connectivity index (χ2v) is 2.63. The summed E-state index contributed by atoms with van der Waals surface area (Å²) in [4.78, 5) is 21.0. The lowest BCUT2D eigenvalue weighted by molar-refractivity contribution is 0.0691. The molecule has 2 aromatic rings. The van der Waals surface area contributed by atoms with Crippen LogP contribution < -0.4 is 4.74 Å². The highest BCUT2D eigenvalue weighted by Crippen LogP contribution is 2.21. The van der Waals surface area contributed by atoms with E-state index in [1.807, 2.05) is 0 Å². The Hall–Kier alpha value is -2.11. The number of rotatable bonds is 2. The van der Waals surface area contributed by atoms with E-state index in [-0.39, 0.29) is 5.69 Å². The maximum Gasteiger partial charge on any atom is 0.352 e. The number of carbonyl (C=O) groups is 1. The number of methoxy groups -OCH3 is 1. The molecule has 2 aromatic heterocycles. The third-order valence-electron chi connectivity index (χ3n) is 1.81. The molecule has 0 saturated heterocycles. The molecule has 0 radical (unpaired) electrons. The van der Waals surface area contributed by atoms with Gasteiger partial charge in [0.15, 0.2) is 0 Å². The topological polar surface area (TPSA) is 88.1 Å². The fourth-order valence-electron chi connectivity index (χ4n) is 1.19. The number of carboxylic acid groups (broad SMARTS) is 1. The quantitative estimate of drug-likeness (QED) is 0.731. The predicted molar refractivity (Wildman–Crippen MR) is 47.4 cm³/mol. The van der Waals surface area contributed by atoms with Gasteiger partial charge in [-0.3, -0.25) is 0 Å². The van der Waals surface area contributed by atoms with Crippen LogP contribution in [0.3, 0.4) is 0 Å². The van der Waals surface area contributed by atoms with E-state index in [1.54, 1.807) is 0 Å². The molecule has 72 valence electrons. The second kappa shape index (κ2) is 2.99. The van der Waals surface area contributed by atoms with Crippen molar-refractivity contribution in [1.29, 1.82) is 0 Å². The normalized spacial score (nSPS) is 10.4. The van der Waals surface area contributed by atoms with Crippen LogP contribution in [0.5, 0.6) is 5.88 Å². The van der Waals surface area contributed by atoms with Gasteiger partial charge in [-0.2, -0.15) is 0 Å². The standard InChI is InChI=1S/C8H7N3O3/c1-14-7-4-2-5(8(12)13)11-6(4)9-3-10-7/h2-3H,1H3,(H,12,13)(H,9,10,11). The summed E-state index contributed by atoms with van der Waals surface area (Å²) in [7, 11) is 1.47. The van der Waals surface area contributed by atoms with Crippen LogP contribution in [0.4, 0.5) is 0 Å². The van der Waals surface area contributed by atoms with Gasteiger partial charge in [-0.1, -0.05) is 0 Å². The van der Waals surface area contributed by atoms with Crippen molar-refractivity contribution in [2.24, 2.45) is 0 Å². The largest absolute Gasteiger partial charge is 0.480 e. The summed E-state index contributed by atoms with van der Waals surface area (Å²) in [5.74, 6) is -0.677. The van der Waals surface area contributed by atoms with Gasteiger partial charge < -0.3 is 14.8 Å². The Morgan fingerprint density at radius 3 is 3.00 bits per heavy atom. The zero-order chi connectivity index (χ0) is 10.1. The molecular weight excluding hydrogens is 186 g/mol. The molecular formula is C8H7N3O3. The molecule has 0 amide bonds. The summed E-state index contributed by atoms with van der Waals surface area (Å²) < 4.78 is 4.96. The first-order valence-corrected chi connectivity index (χ1v) is 3.83. The van der Waals surface area contributed by atoms with Crippen molar-refractivity contribution >= 4 is 17.0 Å². The fraction of sp³-hybridized carbons (Fsp3) is 0.125. The summed E-state index contributed by atoms with van der Waals surface area (Å²) >= 11 is 0. The van der Waals surface area contributed by atoms with E-state index < -0.39 is 5.97 Å². The molecule has 2 N–H and O–H groups in total. The molecule has 2 heterocycles. The molecule has 0 aliphatic rings. The lowest BCUT2D eigenvalue weighted by Crippen LogP contribution is -1.94. The molecule has 0 aliphatic heterocycles. The third-order valence-corrected chi connectivity index (χ3v) is 1.81. The smallest absolute Gasteiger partial charge is 0.352 e. The van der Waals surface area contributed by atoms with Gasteiger partial charge in [-0.05, 0) is 6.07 Å². The van der Waals surface area contributed by atoms with Gasteiger partial charge in [0.1, 0.15) is 17.7 Å². The first-order valence-electron chi connectivity index (χ1n) is 3.83. The van der Waals surface area contributed by atoms with E-state index in [9.17, 15) is 4.79 Å². The molecule has 0 bridgehead atoms. The highest BCUT2D eigenvalue weighted by atomic mass is 16.5. The molecule has 14 heavy (non-hydrogen) atoms. The minimum atomic E-state index is -1.04. The zero-order valence-corrected chi connectivity index (χ0v) is 7.31. The number of aromatic nitrogens is 3. The minimum absolute atomic E-state index is 0.0683. The molecule has 0 aromatic carbocycles. The Balaban J connectivity index is 2.70. The van der Waals surface area contributed by atoms with Crippen LogP contribution in [0, 0.1) is 0 Å². The van der Waals surface area contributed by atoms with E-state index in [2.05, 4.69) is 15.0 Å². The van der Waals surface area contributed by atoms with Crippen LogP contribution >= 0.6 is 0 Å². The van der Waals surface area contributed by atoms with E-state index in [0.29, 0.717) is 16.9 Å². The number of ether oxygens (including phenoxy) is 1. The van der Waals surface area contributed by atoms with Crippen molar-refractivity contribution in [1.82, 2.24) is 15.0 Å². The fourth-order valence-corrected chi connectivity index (χ4v) is 1.19. The predicted octanol–water partition coefficient (Wildman–Crippen LogP) is 0.665. The summed E-state index contributed by atoms with van der Waals surface area (Å²) in [5.41, 5.74) is 0.521. The monoisotopic (exact) mass is 193 g/mol. The van der Waals surface area contributed by atoms with Crippen molar-refractivity contribution in [2.45, 2.75) is 0 Å². The Bertz CT molecular complexity index is 492. The van der Waals surface area contributed by atoms with Crippen molar-refractivity contribution < 1.29 is 14.6 Å². The molecule has 0 atom stereocenters. The Morgan fingerprint density at radius 1 is 1.57 bits per heavy atom. The van der Waals surface area contributed by atoms with E-state index in [4.69, 9.17) is 9.84 Å². The minimum Gasteiger partial charge on any atom is -0.480 e. The van der Waals surface area contributed by atoms with Gasteiger partial charge in [0.2, 0.25) is 5.88 Å². The number of nitrogens with one attached hydrogen (secondary N) is 1. The highest BCUT2D eigenvalue weighted by molar-refractivity contribution is 5.94. The molecule has 0 spiro atoms. The average Bonchev–Trinajstić information content (AvgIpc) is 2.60. The van der Waals surface area contributed by atoms with E-state index in [1.165, 1.54) is 19.5 Å². The lowest BCUT2D eigenvalue weighted by atomic mass is 10.3. The summed E-state index contributed by atoms with van der Waals surface area (Å²) in [6.07, 6.45) is 1.31. The number of hydrogen-bond donors (Lipinski definition) is 2. The van der Waals surface area contributed by atoms with E-state index in [0.717, 1.165) is 0 Å². The third kappa shape index (κ3) is 1.17. The number of aromatic carboxylic acids is 1. The van der Waals surface area contributed by atoms with Crippen LogP contribution in [-0.4, -0.2) is 33.1 Å². The van der Waals surface area contributed by atoms with Crippen LogP contribution in [0.25, 0.3) is 11.0 Å². The lowest BCUT2D eigenvalue weighted by Gasteiger charge is -1.96. The maximum absolute atomic E-state index is 10.6. The summed E-state index contributed by atoms with van der Waals surface area (Å²) in [5, 5.41) is 9.29. The van der Waals surface area contributed by atoms with Gasteiger partial charge >= 0.3 is 5.97 Å². The molecule has 0 fully saturated rings. The van der Waals surface area contributed by atoms with Crippen LogP contribution in [0.15, 0.2) is 12.4 Å². The number of hydrogen-bond acceptors (Lipinski definition) is 4. The average molecular weight is 193 g/mol. The Labute approximate surface area is 78.6 Å². The SMILES string of the molecule is COc1ncnc2[nH]c(C(=O)O)cc12. The molecule has 6 nitrogen and oxygen atoms in total. The van der Waals surface area contributed by atoms with Crippen molar-refractivity contribution in [3.63, 3.8) is 0 Å². The Kier molecular flexibility index (Phi) is 1.81. The van der Waals surface area contributed by atoms with Gasteiger partial charge in [0.05, 0.1) is 12.5 Å². The number of aromatic amines is 1. The maximum atomic E-state index is 10.6. The van der Waals surface area contributed by atoms with Gasteiger partial charge in [-0.15, -0.1) is 0 Å². The van der Waals surface area contributed by atoms with Crippen molar-refractivity contribution in [3.8, 4) is 5.88 Å². The van der Waals surface area contributed by atoms with Gasteiger partial charge in [0, 0.05) is 0 Å². The first-order chi connectivity index (χ1) is 6.72. The summed E-state index contributed by atoms with van der Waals surface area (Å²) in [6, 6.07) is 1.44. The molecule has 6 heteroatoms. The van der Waals surface area contributed by atoms with Crippen molar-refractivity contribution in [3.05, 3.63) is 18.1 Å². The molecule has 0 saturated carbocycles. The number of nitrogens with zero attached hydrogens (tertiary/aromatic N) is 2. The highest BCUT2D eigenvalue weighted by Gasteiger charge is 2.11. The second-order valence-electron chi connectivity index (χ2n) is 2.63. The zero-order valence-electron chi connectivity index (χ0n) is 7.31. The first kappa shape index (κ1) is 8.49. The van der Waals surface area contributed by atoms with E-state index >= 15 is 0 Å². The molecule has 0 unspecified atom stereocenters. The van der Waals surface area contributed by atoms with Crippen LogP contribution in [0.1, 0.15) is 10.5 Å². The summed E-state index contributed by atoms with van der Waals surface area (Å²) in [6.45, 7) is 0. The van der Waals surface area contributed by atoms with Crippen LogP contribution in [-0.2, 0) is 0 Å². The number of H-pyrrole nitrogens is 1. The van der Waals surface area contributed by atoms with Gasteiger partial charge in [-0.25, -0.2) is 14.8 Å². The van der Waals surface area contributed by atoms with Crippen LogP contribution in [0.2, 0.25) is 0 Å². The number of carboxylic acids is 1. The Morgan fingerprint density at radius 2 is 2.36 bits per heavy atom. The van der Waals surface area contributed by atoms with Crippen molar-refractivity contribution in [2.75, 3.05) is 7.11 Å². The van der Waals surface area contributed by atoms with Gasteiger partial charge in [0.25, 0.3) is 0 Å².